The highest BCUT2D eigenvalue weighted by Crippen LogP contribution is 2.25. The number of rotatable bonds is 9. The zero-order chi connectivity index (χ0) is 18.1. The largest absolute Gasteiger partial charge is 0.455 e. The number of halogens is 2. The number of thiophene rings is 1. The zero-order valence-electron chi connectivity index (χ0n) is 13.3. The highest BCUT2D eigenvalue weighted by molar-refractivity contribution is 7.99. The molecule has 1 aromatic carbocycles. The van der Waals surface area contributed by atoms with Crippen molar-refractivity contribution in [3.8, 4) is 0 Å². The fraction of sp³-hybridized carbons (Fsp3) is 0.294. The minimum atomic E-state index is -0.447. The Balaban J connectivity index is 1.56. The van der Waals surface area contributed by atoms with Crippen LogP contribution in [0, 0.1) is 5.82 Å². The first-order valence-electron chi connectivity index (χ1n) is 7.52. The molecule has 0 fully saturated rings. The van der Waals surface area contributed by atoms with Crippen molar-refractivity contribution in [1.29, 1.82) is 0 Å². The number of hydrogen-bond donors (Lipinski definition) is 1. The molecule has 0 spiro atoms. The average molecular weight is 402 g/mol. The van der Waals surface area contributed by atoms with Gasteiger partial charge in [-0.2, -0.15) is 0 Å². The molecule has 0 saturated carbocycles. The van der Waals surface area contributed by atoms with Gasteiger partial charge >= 0.3 is 5.97 Å². The molecule has 0 radical (unpaired) electrons. The predicted octanol–water partition coefficient (Wildman–Crippen LogP) is 3.68. The second-order valence-corrected chi connectivity index (χ2v) is 7.84. The molecule has 0 atom stereocenters. The van der Waals surface area contributed by atoms with Gasteiger partial charge in [0.2, 0.25) is 0 Å². The van der Waals surface area contributed by atoms with Gasteiger partial charge in [-0.15, -0.1) is 23.1 Å². The summed E-state index contributed by atoms with van der Waals surface area (Å²) in [7, 11) is 0. The molecule has 4 nitrogen and oxygen atoms in total. The number of carbonyl (C=O) groups excluding carboxylic acids is 2. The van der Waals surface area contributed by atoms with Gasteiger partial charge < -0.3 is 10.1 Å². The van der Waals surface area contributed by atoms with Gasteiger partial charge in [0.15, 0.2) is 6.61 Å². The second kappa shape index (κ2) is 10.4. The quantitative estimate of drug-likeness (QED) is 0.651. The van der Waals surface area contributed by atoms with Crippen LogP contribution in [-0.4, -0.2) is 30.8 Å². The summed E-state index contributed by atoms with van der Waals surface area (Å²) in [6, 6.07) is 10.1. The van der Waals surface area contributed by atoms with Crippen LogP contribution >= 0.6 is 34.7 Å². The van der Waals surface area contributed by atoms with Crippen molar-refractivity contribution < 1.29 is 18.7 Å². The number of nitrogens with one attached hydrogen (secondary N) is 1. The Morgan fingerprint density at radius 3 is 2.76 bits per heavy atom. The van der Waals surface area contributed by atoms with E-state index in [4.69, 9.17) is 16.3 Å². The van der Waals surface area contributed by atoms with Crippen LogP contribution in [0.2, 0.25) is 4.34 Å². The summed E-state index contributed by atoms with van der Waals surface area (Å²) in [6.45, 7) is -0.0489. The van der Waals surface area contributed by atoms with Crippen LogP contribution in [0.25, 0.3) is 0 Å². The summed E-state index contributed by atoms with van der Waals surface area (Å²) in [5.41, 5.74) is 0.532. The number of amides is 1. The molecule has 0 bridgehead atoms. The lowest BCUT2D eigenvalue weighted by molar-refractivity contribution is -0.145. The minimum absolute atomic E-state index is 0.165. The third-order valence-corrected chi connectivity index (χ3v) is 5.50. The van der Waals surface area contributed by atoms with Gasteiger partial charge in [0.05, 0.1) is 10.1 Å². The number of hydrogen-bond acceptors (Lipinski definition) is 5. The van der Waals surface area contributed by atoms with E-state index in [1.165, 1.54) is 29.2 Å². The van der Waals surface area contributed by atoms with Crippen LogP contribution in [0.15, 0.2) is 36.4 Å². The highest BCUT2D eigenvalue weighted by Gasteiger charge is 2.09. The van der Waals surface area contributed by atoms with Crippen molar-refractivity contribution in [3.63, 3.8) is 0 Å². The molecule has 0 unspecified atom stereocenters. The molecule has 8 heteroatoms. The van der Waals surface area contributed by atoms with E-state index in [0.717, 1.165) is 4.88 Å². The lowest BCUT2D eigenvalue weighted by Gasteiger charge is -2.07. The Labute approximate surface area is 158 Å². The van der Waals surface area contributed by atoms with Crippen molar-refractivity contribution in [2.45, 2.75) is 12.2 Å². The molecule has 1 heterocycles. The molecule has 1 aromatic heterocycles. The van der Waals surface area contributed by atoms with Crippen LogP contribution in [0.1, 0.15) is 10.4 Å². The maximum Gasteiger partial charge on any atom is 0.316 e. The van der Waals surface area contributed by atoms with Crippen LogP contribution in [0.5, 0.6) is 0 Å². The van der Waals surface area contributed by atoms with E-state index in [9.17, 15) is 14.0 Å². The van der Waals surface area contributed by atoms with Crippen LogP contribution < -0.4 is 5.32 Å². The van der Waals surface area contributed by atoms with E-state index in [1.54, 1.807) is 18.2 Å². The van der Waals surface area contributed by atoms with Gasteiger partial charge in [0.1, 0.15) is 5.82 Å². The van der Waals surface area contributed by atoms with Crippen LogP contribution in [0.3, 0.4) is 0 Å². The number of thioether (sulfide) groups is 1. The van der Waals surface area contributed by atoms with Crippen molar-refractivity contribution in [2.75, 3.05) is 18.9 Å². The van der Waals surface area contributed by atoms with E-state index < -0.39 is 11.9 Å². The molecule has 1 N–H and O–H groups in total. The summed E-state index contributed by atoms with van der Waals surface area (Å²) in [6.07, 6.45) is 0.381. The van der Waals surface area contributed by atoms with Gasteiger partial charge in [-0.1, -0.05) is 29.8 Å². The Hall–Kier alpha value is -1.57. The standard InChI is InChI=1S/C17H17ClFNO3S2/c18-15-6-5-13(25-15)10-24-11-17(22)23-9-16(21)20-8-7-12-3-1-2-4-14(12)19/h1-6H,7-11H2,(H,20,21). The molecule has 25 heavy (non-hydrogen) atoms. The van der Waals surface area contributed by atoms with Crippen LogP contribution in [-0.2, 0) is 26.5 Å². The summed E-state index contributed by atoms with van der Waals surface area (Å²) < 4.78 is 19.0. The maximum absolute atomic E-state index is 13.4. The lowest BCUT2D eigenvalue weighted by Crippen LogP contribution is -2.30. The smallest absolute Gasteiger partial charge is 0.316 e. The van der Waals surface area contributed by atoms with E-state index in [0.29, 0.717) is 22.1 Å². The first kappa shape index (κ1) is 19.8. The highest BCUT2D eigenvalue weighted by atomic mass is 35.5. The van der Waals surface area contributed by atoms with Crippen molar-refractivity contribution in [1.82, 2.24) is 5.32 Å². The first-order chi connectivity index (χ1) is 12.0. The molecule has 134 valence electrons. The molecular weight excluding hydrogens is 385 g/mol. The van der Waals surface area contributed by atoms with Crippen molar-refractivity contribution >= 4 is 46.6 Å². The molecule has 0 aliphatic rings. The Kier molecular flexibility index (Phi) is 8.24. The van der Waals surface area contributed by atoms with Crippen LogP contribution in [0.4, 0.5) is 4.39 Å². The maximum atomic E-state index is 13.4. The summed E-state index contributed by atoms with van der Waals surface area (Å²) in [4.78, 5) is 24.3. The Morgan fingerprint density at radius 2 is 2.04 bits per heavy atom. The summed E-state index contributed by atoms with van der Waals surface area (Å²) in [5.74, 6) is -0.317. The Morgan fingerprint density at radius 1 is 1.24 bits per heavy atom. The SMILES string of the molecule is O=C(COC(=O)CSCc1ccc(Cl)s1)NCCc1ccccc1F. The first-order valence-corrected chi connectivity index (χ1v) is 9.87. The average Bonchev–Trinajstić information content (AvgIpc) is 3.00. The molecule has 2 rings (SSSR count). The molecular formula is C17H17ClFNO3S2. The monoisotopic (exact) mass is 401 g/mol. The molecule has 0 saturated heterocycles. The predicted molar refractivity (Wildman–Crippen MR) is 99.6 cm³/mol. The molecule has 0 aliphatic carbocycles. The summed E-state index contributed by atoms with van der Waals surface area (Å²) in [5, 5.41) is 2.60. The molecule has 2 aromatic rings. The number of carbonyl (C=O) groups is 2. The number of ether oxygens (including phenoxy) is 1. The van der Waals surface area contributed by atoms with Gasteiger partial charge in [-0.3, -0.25) is 9.59 Å². The number of esters is 1. The van der Waals surface area contributed by atoms with E-state index in [1.807, 2.05) is 12.1 Å². The molecule has 0 aliphatic heterocycles. The van der Waals surface area contributed by atoms with Gasteiger partial charge in [0.25, 0.3) is 5.91 Å². The third kappa shape index (κ3) is 7.46. The third-order valence-electron chi connectivity index (χ3n) is 3.13. The van der Waals surface area contributed by atoms with Gasteiger partial charge in [-0.05, 0) is 30.2 Å². The normalized spacial score (nSPS) is 10.5. The minimum Gasteiger partial charge on any atom is -0.455 e. The van der Waals surface area contributed by atoms with Crippen molar-refractivity contribution in [3.05, 3.63) is 57.0 Å². The lowest BCUT2D eigenvalue weighted by atomic mass is 10.1. The topological polar surface area (TPSA) is 55.4 Å². The van der Waals surface area contributed by atoms with E-state index >= 15 is 0 Å². The van der Waals surface area contributed by atoms with E-state index in [-0.39, 0.29) is 24.7 Å². The second-order valence-electron chi connectivity index (χ2n) is 5.05. The molecule has 1 amide bonds. The number of benzene rings is 1. The summed E-state index contributed by atoms with van der Waals surface area (Å²) >= 11 is 8.70. The van der Waals surface area contributed by atoms with Crippen molar-refractivity contribution in [2.24, 2.45) is 0 Å². The fourth-order valence-electron chi connectivity index (χ4n) is 1.94. The Bertz CT molecular complexity index is 723. The fourth-order valence-corrected chi connectivity index (χ4v) is 3.96. The van der Waals surface area contributed by atoms with Gasteiger partial charge in [0, 0.05) is 17.2 Å². The van der Waals surface area contributed by atoms with E-state index in [2.05, 4.69) is 5.32 Å². The van der Waals surface area contributed by atoms with Gasteiger partial charge in [-0.25, -0.2) is 4.39 Å². The zero-order valence-corrected chi connectivity index (χ0v) is 15.7.